The number of hydrogen-bond acceptors (Lipinski definition) is 3. The fourth-order valence-electron chi connectivity index (χ4n) is 4.06. The maximum atomic E-state index is 12.8. The SMILES string of the molecule is Cc1ccc(NC(=O)C2CCC(N3C(=O)c4cc(Cl)c(Cl)cc4C3=O)CC2)cc1. The molecule has 150 valence electrons. The first-order chi connectivity index (χ1) is 13.8. The molecule has 4 rings (SSSR count). The highest BCUT2D eigenvalue weighted by Gasteiger charge is 2.42. The maximum Gasteiger partial charge on any atom is 0.261 e. The fraction of sp³-hybridized carbons (Fsp3) is 0.318. The summed E-state index contributed by atoms with van der Waals surface area (Å²) in [5, 5.41) is 3.46. The first-order valence-corrected chi connectivity index (χ1v) is 10.3. The molecular weight excluding hydrogens is 411 g/mol. The van der Waals surface area contributed by atoms with Gasteiger partial charge in [0.2, 0.25) is 5.91 Å². The third kappa shape index (κ3) is 3.77. The Kier molecular flexibility index (Phi) is 5.36. The Morgan fingerprint density at radius 2 is 1.45 bits per heavy atom. The molecule has 1 fully saturated rings. The van der Waals surface area contributed by atoms with Crippen LogP contribution >= 0.6 is 23.2 Å². The molecule has 1 heterocycles. The first-order valence-electron chi connectivity index (χ1n) is 9.59. The zero-order valence-corrected chi connectivity index (χ0v) is 17.4. The number of benzene rings is 2. The summed E-state index contributed by atoms with van der Waals surface area (Å²) in [4.78, 5) is 39.4. The van der Waals surface area contributed by atoms with Gasteiger partial charge in [-0.2, -0.15) is 0 Å². The Morgan fingerprint density at radius 1 is 0.931 bits per heavy atom. The molecule has 3 amide bonds. The van der Waals surface area contributed by atoms with Crippen LogP contribution in [0.3, 0.4) is 0 Å². The second-order valence-electron chi connectivity index (χ2n) is 7.65. The molecule has 0 unspecified atom stereocenters. The summed E-state index contributed by atoms with van der Waals surface area (Å²) in [6.45, 7) is 1.99. The highest BCUT2D eigenvalue weighted by atomic mass is 35.5. The summed E-state index contributed by atoms with van der Waals surface area (Å²) in [7, 11) is 0. The molecule has 1 N–H and O–H groups in total. The minimum atomic E-state index is -0.337. The molecule has 1 aliphatic carbocycles. The highest BCUT2D eigenvalue weighted by Crippen LogP contribution is 2.36. The van der Waals surface area contributed by atoms with Crippen LogP contribution in [0.15, 0.2) is 36.4 Å². The lowest BCUT2D eigenvalue weighted by Gasteiger charge is -2.32. The van der Waals surface area contributed by atoms with Crippen molar-refractivity contribution in [1.29, 1.82) is 0 Å². The zero-order chi connectivity index (χ0) is 20.7. The van der Waals surface area contributed by atoms with E-state index in [4.69, 9.17) is 23.2 Å². The number of nitrogens with zero attached hydrogens (tertiary/aromatic N) is 1. The number of amides is 3. The molecule has 2 aromatic carbocycles. The summed E-state index contributed by atoms with van der Waals surface area (Å²) >= 11 is 12.0. The minimum Gasteiger partial charge on any atom is -0.326 e. The van der Waals surface area contributed by atoms with Gasteiger partial charge in [-0.25, -0.2) is 0 Å². The second-order valence-corrected chi connectivity index (χ2v) is 8.47. The van der Waals surface area contributed by atoms with E-state index in [9.17, 15) is 14.4 Å². The average Bonchev–Trinajstić information content (AvgIpc) is 2.94. The van der Waals surface area contributed by atoms with E-state index in [1.807, 2.05) is 31.2 Å². The van der Waals surface area contributed by atoms with Crippen molar-refractivity contribution < 1.29 is 14.4 Å². The van der Waals surface area contributed by atoms with Crippen molar-refractivity contribution in [3.63, 3.8) is 0 Å². The summed E-state index contributed by atoms with van der Waals surface area (Å²) < 4.78 is 0. The molecular formula is C22H20Cl2N2O3. The molecule has 7 heteroatoms. The molecule has 2 aliphatic rings. The van der Waals surface area contributed by atoms with Gasteiger partial charge in [0, 0.05) is 17.6 Å². The van der Waals surface area contributed by atoms with Crippen LogP contribution in [0.5, 0.6) is 0 Å². The Labute approximate surface area is 179 Å². The smallest absolute Gasteiger partial charge is 0.261 e. The minimum absolute atomic E-state index is 0.0202. The van der Waals surface area contributed by atoms with Crippen LogP contribution < -0.4 is 5.32 Å². The molecule has 0 radical (unpaired) electrons. The monoisotopic (exact) mass is 430 g/mol. The van der Waals surface area contributed by atoms with Crippen molar-refractivity contribution in [2.45, 2.75) is 38.6 Å². The third-order valence-electron chi connectivity index (χ3n) is 5.71. The lowest BCUT2D eigenvalue weighted by Crippen LogP contribution is -2.43. The van der Waals surface area contributed by atoms with E-state index >= 15 is 0 Å². The number of aryl methyl sites for hydroxylation is 1. The van der Waals surface area contributed by atoms with Crippen LogP contribution in [0.4, 0.5) is 5.69 Å². The van der Waals surface area contributed by atoms with Crippen LogP contribution in [0.2, 0.25) is 10.0 Å². The number of fused-ring (bicyclic) bond motifs is 1. The van der Waals surface area contributed by atoms with Crippen LogP contribution in [-0.4, -0.2) is 28.7 Å². The highest BCUT2D eigenvalue weighted by molar-refractivity contribution is 6.43. The molecule has 0 atom stereocenters. The van der Waals surface area contributed by atoms with E-state index in [1.165, 1.54) is 17.0 Å². The summed E-state index contributed by atoms with van der Waals surface area (Å²) in [6.07, 6.45) is 2.44. The number of nitrogens with one attached hydrogen (secondary N) is 1. The van der Waals surface area contributed by atoms with Crippen LogP contribution in [-0.2, 0) is 4.79 Å². The van der Waals surface area contributed by atoms with Crippen molar-refractivity contribution in [3.05, 3.63) is 63.1 Å². The van der Waals surface area contributed by atoms with Gasteiger partial charge in [0.15, 0.2) is 0 Å². The number of carbonyl (C=O) groups excluding carboxylic acids is 3. The van der Waals surface area contributed by atoms with Crippen molar-refractivity contribution in [3.8, 4) is 0 Å². The molecule has 5 nitrogen and oxygen atoms in total. The lowest BCUT2D eigenvalue weighted by atomic mass is 9.84. The van der Waals surface area contributed by atoms with Crippen molar-refractivity contribution in [1.82, 2.24) is 4.90 Å². The van der Waals surface area contributed by atoms with E-state index < -0.39 is 0 Å². The topological polar surface area (TPSA) is 66.5 Å². The van der Waals surface area contributed by atoms with Gasteiger partial charge in [-0.05, 0) is 56.9 Å². The Balaban J connectivity index is 1.41. The number of imide groups is 1. The largest absolute Gasteiger partial charge is 0.326 e. The molecule has 1 saturated carbocycles. The van der Waals surface area contributed by atoms with Crippen molar-refractivity contribution in [2.24, 2.45) is 5.92 Å². The summed E-state index contributed by atoms with van der Waals surface area (Å²) in [6, 6.07) is 10.4. The molecule has 0 spiro atoms. The normalized spacial score (nSPS) is 21.3. The van der Waals surface area contributed by atoms with Crippen LogP contribution in [0, 0.1) is 12.8 Å². The first kappa shape index (κ1) is 19.9. The van der Waals surface area contributed by atoms with Gasteiger partial charge in [0.25, 0.3) is 11.8 Å². The van der Waals surface area contributed by atoms with Crippen LogP contribution in [0.1, 0.15) is 52.0 Å². The van der Waals surface area contributed by atoms with E-state index in [0.717, 1.165) is 11.3 Å². The van der Waals surface area contributed by atoms with Gasteiger partial charge in [0.1, 0.15) is 0 Å². The van der Waals surface area contributed by atoms with Gasteiger partial charge >= 0.3 is 0 Å². The quantitative estimate of drug-likeness (QED) is 0.688. The van der Waals surface area contributed by atoms with Crippen molar-refractivity contribution in [2.75, 3.05) is 5.32 Å². The fourth-order valence-corrected chi connectivity index (χ4v) is 4.39. The van der Waals surface area contributed by atoms with Gasteiger partial charge in [-0.3, -0.25) is 19.3 Å². The van der Waals surface area contributed by atoms with Crippen molar-refractivity contribution >= 4 is 46.6 Å². The van der Waals surface area contributed by atoms with E-state index in [-0.39, 0.29) is 39.7 Å². The van der Waals surface area contributed by atoms with Gasteiger partial charge < -0.3 is 5.32 Å². The molecule has 29 heavy (non-hydrogen) atoms. The number of carbonyl (C=O) groups is 3. The molecule has 0 saturated heterocycles. The number of anilines is 1. The van der Waals surface area contributed by atoms with E-state index in [0.29, 0.717) is 36.8 Å². The molecule has 2 aromatic rings. The third-order valence-corrected chi connectivity index (χ3v) is 6.43. The maximum absolute atomic E-state index is 12.8. The summed E-state index contributed by atoms with van der Waals surface area (Å²) in [5.74, 6) is -0.827. The second kappa shape index (κ2) is 7.81. The van der Waals surface area contributed by atoms with Gasteiger partial charge in [0.05, 0.1) is 21.2 Å². The lowest BCUT2D eigenvalue weighted by molar-refractivity contribution is -0.121. The van der Waals surface area contributed by atoms with Gasteiger partial charge in [-0.15, -0.1) is 0 Å². The predicted octanol–water partition coefficient (Wildman–Crippen LogP) is 5.10. The molecule has 1 aliphatic heterocycles. The standard InChI is InChI=1S/C22H20Cl2N2O3/c1-12-2-6-14(7-3-12)25-20(27)13-4-8-15(9-5-13)26-21(28)16-10-18(23)19(24)11-17(16)22(26)29/h2-3,6-7,10-11,13,15H,4-5,8-9H2,1H3,(H,25,27). The number of hydrogen-bond donors (Lipinski definition) is 1. The Bertz CT molecular complexity index is 955. The molecule has 0 aromatic heterocycles. The predicted molar refractivity (Wildman–Crippen MR) is 113 cm³/mol. The van der Waals surface area contributed by atoms with Gasteiger partial charge in [-0.1, -0.05) is 40.9 Å². The van der Waals surface area contributed by atoms with E-state index in [2.05, 4.69) is 5.32 Å². The van der Waals surface area contributed by atoms with Crippen LogP contribution in [0.25, 0.3) is 0 Å². The Morgan fingerprint density at radius 3 is 1.97 bits per heavy atom. The molecule has 0 bridgehead atoms. The Hall–Kier alpha value is -2.37. The number of rotatable bonds is 3. The summed E-state index contributed by atoms with van der Waals surface area (Å²) in [5.41, 5.74) is 2.50. The van der Waals surface area contributed by atoms with E-state index in [1.54, 1.807) is 0 Å². The average molecular weight is 431 g/mol. The zero-order valence-electron chi connectivity index (χ0n) is 15.9. The number of halogens is 2.